The van der Waals surface area contributed by atoms with E-state index in [0.29, 0.717) is 23.3 Å². The fourth-order valence-corrected chi connectivity index (χ4v) is 3.91. The Hall–Kier alpha value is -2.95. The number of halogens is 1. The number of amides is 1. The Kier molecular flexibility index (Phi) is 7.77. The van der Waals surface area contributed by atoms with E-state index in [9.17, 15) is 4.79 Å². The van der Waals surface area contributed by atoms with Gasteiger partial charge in [-0.15, -0.1) is 0 Å². The Morgan fingerprint density at radius 2 is 2.10 bits per heavy atom. The minimum Gasteiger partial charge on any atom is -0.494 e. The van der Waals surface area contributed by atoms with Crippen molar-refractivity contribution >= 4 is 35.0 Å². The van der Waals surface area contributed by atoms with Crippen molar-refractivity contribution < 1.29 is 9.53 Å². The second kappa shape index (κ2) is 10.7. The molecule has 154 valence electrons. The molecule has 1 heterocycles. The summed E-state index contributed by atoms with van der Waals surface area (Å²) in [5, 5.41) is 10.3. The van der Waals surface area contributed by atoms with Gasteiger partial charge in [0.05, 0.1) is 24.8 Å². The molecule has 0 saturated heterocycles. The summed E-state index contributed by atoms with van der Waals surface area (Å²) in [5.41, 5.74) is 1.61. The van der Waals surface area contributed by atoms with Crippen molar-refractivity contribution in [2.75, 3.05) is 23.8 Å². The lowest BCUT2D eigenvalue weighted by Crippen LogP contribution is -2.33. The van der Waals surface area contributed by atoms with Crippen LogP contribution in [0.1, 0.15) is 13.3 Å². The van der Waals surface area contributed by atoms with Crippen LogP contribution in [-0.4, -0.2) is 34.4 Å². The van der Waals surface area contributed by atoms with E-state index in [1.54, 1.807) is 11.1 Å². The summed E-state index contributed by atoms with van der Waals surface area (Å²) >= 11 is 7.43. The van der Waals surface area contributed by atoms with Crippen LogP contribution >= 0.6 is 23.4 Å². The van der Waals surface area contributed by atoms with E-state index >= 15 is 0 Å². The molecule has 3 aromatic rings. The average Bonchev–Trinajstić information content (AvgIpc) is 3.22. The van der Waals surface area contributed by atoms with Crippen LogP contribution < -0.4 is 9.64 Å². The molecular formula is C22H21ClN4O2S. The number of nitriles is 1. The van der Waals surface area contributed by atoms with Crippen LogP contribution in [0.3, 0.4) is 0 Å². The minimum atomic E-state index is -0.0972. The fraction of sp³-hybridized carbons (Fsp3) is 0.227. The SMILES string of the molecule is CCOc1ccc(N(CCC#N)C(=O)CSc2nccn2-c2cccc(Cl)c2)cc1. The highest BCUT2D eigenvalue weighted by atomic mass is 35.5. The molecule has 0 atom stereocenters. The summed E-state index contributed by atoms with van der Waals surface area (Å²) in [6.45, 7) is 2.82. The normalized spacial score (nSPS) is 10.4. The molecular weight excluding hydrogens is 420 g/mol. The number of carbonyl (C=O) groups excluding carboxylic acids is 1. The van der Waals surface area contributed by atoms with E-state index in [1.807, 2.05) is 66.2 Å². The largest absolute Gasteiger partial charge is 0.494 e. The van der Waals surface area contributed by atoms with Crippen molar-refractivity contribution in [3.05, 3.63) is 65.9 Å². The zero-order chi connectivity index (χ0) is 21.3. The van der Waals surface area contributed by atoms with Crippen molar-refractivity contribution in [3.8, 4) is 17.5 Å². The minimum absolute atomic E-state index is 0.0972. The van der Waals surface area contributed by atoms with E-state index in [1.165, 1.54) is 11.8 Å². The summed E-state index contributed by atoms with van der Waals surface area (Å²) in [6, 6.07) is 16.9. The molecule has 1 amide bonds. The molecule has 0 aliphatic rings. The lowest BCUT2D eigenvalue weighted by molar-refractivity contribution is -0.116. The number of aromatic nitrogens is 2. The topological polar surface area (TPSA) is 71.2 Å². The zero-order valence-corrected chi connectivity index (χ0v) is 18.1. The molecule has 0 bridgehead atoms. The molecule has 0 spiro atoms. The lowest BCUT2D eigenvalue weighted by atomic mass is 10.2. The molecule has 0 aliphatic carbocycles. The maximum absolute atomic E-state index is 13.0. The third-order valence-corrected chi connectivity index (χ3v) is 5.41. The Bertz CT molecular complexity index is 1030. The predicted molar refractivity (Wildman–Crippen MR) is 119 cm³/mol. The Morgan fingerprint density at radius 3 is 2.80 bits per heavy atom. The molecule has 0 N–H and O–H groups in total. The predicted octanol–water partition coefficient (Wildman–Crippen LogP) is 4.96. The highest BCUT2D eigenvalue weighted by molar-refractivity contribution is 7.99. The molecule has 6 nitrogen and oxygen atoms in total. The van der Waals surface area contributed by atoms with Gasteiger partial charge in [-0.05, 0) is 49.4 Å². The molecule has 0 aliphatic heterocycles. The molecule has 0 fully saturated rings. The first kappa shape index (κ1) is 21.8. The van der Waals surface area contributed by atoms with Gasteiger partial charge < -0.3 is 9.64 Å². The van der Waals surface area contributed by atoms with Gasteiger partial charge in [0.25, 0.3) is 0 Å². The molecule has 1 aromatic heterocycles. The maximum Gasteiger partial charge on any atom is 0.237 e. The molecule has 0 unspecified atom stereocenters. The number of hydrogen-bond acceptors (Lipinski definition) is 5. The standard InChI is InChI=1S/C22H21ClN4O2S/c1-2-29-20-9-7-18(8-10-20)26(13-4-11-24)21(28)16-30-22-25-12-14-27(22)19-6-3-5-17(23)15-19/h3,5-10,12,14-15H,2,4,13,16H2,1H3. The lowest BCUT2D eigenvalue weighted by Gasteiger charge is -2.22. The monoisotopic (exact) mass is 440 g/mol. The van der Waals surface area contributed by atoms with Crippen molar-refractivity contribution in [2.24, 2.45) is 0 Å². The summed E-state index contributed by atoms with van der Waals surface area (Å²) in [7, 11) is 0. The highest BCUT2D eigenvalue weighted by Gasteiger charge is 2.17. The van der Waals surface area contributed by atoms with Crippen LogP contribution in [-0.2, 0) is 4.79 Å². The fourth-order valence-electron chi connectivity index (χ4n) is 2.87. The Morgan fingerprint density at radius 1 is 1.30 bits per heavy atom. The highest BCUT2D eigenvalue weighted by Crippen LogP contribution is 2.25. The molecule has 3 rings (SSSR count). The smallest absolute Gasteiger partial charge is 0.237 e. The molecule has 2 aromatic carbocycles. The summed E-state index contributed by atoms with van der Waals surface area (Å²) in [4.78, 5) is 19.0. The summed E-state index contributed by atoms with van der Waals surface area (Å²) in [6.07, 6.45) is 3.77. The van der Waals surface area contributed by atoms with Crippen LogP contribution in [0.5, 0.6) is 5.75 Å². The Labute approximate surface area is 185 Å². The van der Waals surface area contributed by atoms with Gasteiger partial charge in [-0.2, -0.15) is 5.26 Å². The van der Waals surface area contributed by atoms with E-state index in [2.05, 4.69) is 11.1 Å². The number of anilines is 1. The second-order valence-electron chi connectivity index (χ2n) is 6.23. The van der Waals surface area contributed by atoms with Crippen LogP contribution in [0.25, 0.3) is 5.69 Å². The summed E-state index contributed by atoms with van der Waals surface area (Å²) < 4.78 is 7.35. The van der Waals surface area contributed by atoms with Crippen molar-refractivity contribution in [1.29, 1.82) is 5.26 Å². The Balaban J connectivity index is 1.72. The number of nitrogens with zero attached hydrogens (tertiary/aromatic N) is 4. The van der Waals surface area contributed by atoms with Gasteiger partial charge in [0.15, 0.2) is 5.16 Å². The van der Waals surface area contributed by atoms with Gasteiger partial charge in [0.2, 0.25) is 5.91 Å². The van der Waals surface area contributed by atoms with E-state index < -0.39 is 0 Å². The number of carbonyl (C=O) groups is 1. The maximum atomic E-state index is 13.0. The number of hydrogen-bond donors (Lipinski definition) is 0. The third-order valence-electron chi connectivity index (χ3n) is 4.23. The number of imidazole rings is 1. The molecule has 30 heavy (non-hydrogen) atoms. The van der Waals surface area contributed by atoms with Crippen LogP contribution in [0.15, 0.2) is 66.1 Å². The second-order valence-corrected chi connectivity index (χ2v) is 7.61. The number of benzene rings is 2. The zero-order valence-electron chi connectivity index (χ0n) is 16.5. The van der Waals surface area contributed by atoms with Crippen molar-refractivity contribution in [2.45, 2.75) is 18.5 Å². The van der Waals surface area contributed by atoms with Gasteiger partial charge in [0, 0.05) is 35.3 Å². The van der Waals surface area contributed by atoms with E-state index in [-0.39, 0.29) is 18.1 Å². The van der Waals surface area contributed by atoms with Crippen molar-refractivity contribution in [3.63, 3.8) is 0 Å². The van der Waals surface area contributed by atoms with E-state index in [4.69, 9.17) is 21.6 Å². The van der Waals surface area contributed by atoms with Crippen LogP contribution in [0.2, 0.25) is 5.02 Å². The van der Waals surface area contributed by atoms with Gasteiger partial charge in [-0.3, -0.25) is 9.36 Å². The van der Waals surface area contributed by atoms with Crippen LogP contribution in [0.4, 0.5) is 5.69 Å². The first-order chi connectivity index (χ1) is 14.6. The van der Waals surface area contributed by atoms with Gasteiger partial charge >= 0.3 is 0 Å². The number of ether oxygens (including phenoxy) is 1. The molecule has 0 saturated carbocycles. The van der Waals surface area contributed by atoms with Gasteiger partial charge in [-0.25, -0.2) is 4.98 Å². The molecule has 0 radical (unpaired) electrons. The number of rotatable bonds is 9. The first-order valence-corrected chi connectivity index (χ1v) is 10.8. The van der Waals surface area contributed by atoms with Gasteiger partial charge in [-0.1, -0.05) is 29.4 Å². The summed E-state index contributed by atoms with van der Waals surface area (Å²) in [5.74, 6) is 0.836. The van der Waals surface area contributed by atoms with Crippen LogP contribution in [0, 0.1) is 11.3 Å². The number of thioether (sulfide) groups is 1. The third kappa shape index (κ3) is 5.56. The quantitative estimate of drug-likeness (QED) is 0.439. The first-order valence-electron chi connectivity index (χ1n) is 9.44. The van der Waals surface area contributed by atoms with Crippen molar-refractivity contribution in [1.82, 2.24) is 9.55 Å². The average molecular weight is 441 g/mol. The van der Waals surface area contributed by atoms with E-state index in [0.717, 1.165) is 17.1 Å². The molecule has 8 heteroatoms. The van der Waals surface area contributed by atoms with Gasteiger partial charge in [0.1, 0.15) is 5.75 Å².